The van der Waals surface area contributed by atoms with Crippen molar-refractivity contribution < 1.29 is 16.8 Å². The fourth-order valence-corrected chi connectivity index (χ4v) is 0. The van der Waals surface area contributed by atoms with Crippen LogP contribution in [-0.4, -0.2) is 13.1 Å². The average molecular weight is 203 g/mol. The third-order valence-electron chi connectivity index (χ3n) is 0.167. The van der Waals surface area contributed by atoms with Gasteiger partial charge in [0.15, 0.2) is 0 Å². The molecule has 0 aromatic carbocycles. The number of hydrogen-bond donors (Lipinski definition) is 2. The maximum atomic E-state index is 6.75. The van der Waals surface area contributed by atoms with Gasteiger partial charge < -0.3 is 33.6 Å². The fraction of sp³-hybridized carbons (Fsp3) is 1.00. The van der Waals surface area contributed by atoms with E-state index in [0.29, 0.717) is 13.1 Å². The molecule has 0 aliphatic rings. The molecule has 0 saturated heterocycles. The van der Waals surface area contributed by atoms with E-state index in [1.165, 1.54) is 9.82 Å². The van der Waals surface area contributed by atoms with Gasteiger partial charge in [0.1, 0.15) is 0 Å². The first-order valence-corrected chi connectivity index (χ1v) is 2.12. The van der Waals surface area contributed by atoms with Crippen LogP contribution in [0.15, 0.2) is 0 Å². The first kappa shape index (κ1) is 22.5. The summed E-state index contributed by atoms with van der Waals surface area (Å²) in [5, 5.41) is 0. The number of hydrogen-bond acceptors (Lipinski definition) is 2. The molecule has 8 nitrogen and oxygen atoms in total. The summed E-state index contributed by atoms with van der Waals surface area (Å²) in [6.07, 6.45) is 0. The molecule has 0 rings (SSSR count). The maximum absolute atomic E-state index is 6.75. The Morgan fingerprint density at radius 2 is 0.909 bits per heavy atom. The van der Waals surface area contributed by atoms with E-state index in [4.69, 9.17) is 33.6 Å². The Labute approximate surface area is 74.0 Å². The largest absolute Gasteiger partial charge is 3.00 e. The molecule has 0 radical (unpaired) electrons. The molecule has 9 heteroatoms. The van der Waals surface area contributed by atoms with Crippen LogP contribution in [0.1, 0.15) is 0 Å². The molecule has 0 bridgehead atoms. The molecule has 11 heavy (non-hydrogen) atoms. The van der Waals surface area contributed by atoms with Crippen LogP contribution in [0.5, 0.6) is 0 Å². The maximum Gasteiger partial charge on any atom is 3.00 e. The Morgan fingerprint density at radius 3 is 0.909 bits per heavy atom. The molecule has 0 heterocycles. The second-order valence-electron chi connectivity index (χ2n) is 0.756. The van der Waals surface area contributed by atoms with Crippen LogP contribution in [-0.2, 0) is 16.8 Å². The summed E-state index contributed by atoms with van der Waals surface area (Å²) in [6.45, 7) is 1.19. The minimum absolute atomic E-state index is 0. The smallest absolute Gasteiger partial charge is 0.373 e. The monoisotopic (exact) mass is 203 g/mol. The minimum atomic E-state index is 0. The zero-order valence-corrected chi connectivity index (χ0v) is 6.63. The minimum Gasteiger partial charge on any atom is -0.373 e. The second kappa shape index (κ2) is 63.1. The van der Waals surface area contributed by atoms with Crippen LogP contribution >= 0.6 is 0 Å². The van der Waals surface area contributed by atoms with Crippen molar-refractivity contribution in [1.82, 2.24) is 0 Å². The number of rotatable bonds is 1. The van der Waals surface area contributed by atoms with Gasteiger partial charge in [0.05, 0.1) is 0 Å². The standard InChI is InChI=1S/C2H8N2.Co.2N3/c3-1-2-4;;2*1-3-2/h1-4H2;;;/q;+3;2*-1. The molecule has 0 spiro atoms. The SMILES string of the molecule is NCCN.[Co+3].[N-]=[N+]=[N-].[N-]=[N+]=[N-]. The zero-order chi connectivity index (χ0) is 8.83. The summed E-state index contributed by atoms with van der Waals surface area (Å²) in [6, 6.07) is 0. The van der Waals surface area contributed by atoms with Crippen LogP contribution in [0.3, 0.4) is 0 Å². The Bertz CT molecular complexity index is 84.7. The topological polar surface area (TPSA) is 169 Å². The van der Waals surface area contributed by atoms with Gasteiger partial charge in [0.2, 0.25) is 0 Å². The molecule has 0 aromatic heterocycles. The summed E-state index contributed by atoms with van der Waals surface area (Å²) in [7, 11) is 0. The molecule has 0 atom stereocenters. The number of nitrogens with zero attached hydrogens (tertiary/aromatic N) is 6. The van der Waals surface area contributed by atoms with Crippen LogP contribution in [0.4, 0.5) is 0 Å². The summed E-state index contributed by atoms with van der Waals surface area (Å²) < 4.78 is 0. The van der Waals surface area contributed by atoms with Crippen molar-refractivity contribution in [2.75, 3.05) is 13.1 Å². The third-order valence-corrected chi connectivity index (χ3v) is 0.167. The van der Waals surface area contributed by atoms with E-state index in [1.54, 1.807) is 0 Å². The van der Waals surface area contributed by atoms with Crippen molar-refractivity contribution in [3.05, 3.63) is 31.9 Å². The summed E-state index contributed by atoms with van der Waals surface area (Å²) >= 11 is 0. The first-order valence-electron chi connectivity index (χ1n) is 2.12. The van der Waals surface area contributed by atoms with Gasteiger partial charge in [-0.1, -0.05) is 0 Å². The van der Waals surface area contributed by atoms with Crippen molar-refractivity contribution in [2.24, 2.45) is 11.5 Å². The molecule has 0 unspecified atom stereocenters. The van der Waals surface area contributed by atoms with E-state index in [-0.39, 0.29) is 16.8 Å². The molecule has 0 amide bonds. The normalized spacial score (nSPS) is 4.18. The van der Waals surface area contributed by atoms with E-state index in [2.05, 4.69) is 0 Å². The van der Waals surface area contributed by atoms with Gasteiger partial charge in [-0.3, -0.25) is 9.82 Å². The third kappa shape index (κ3) is 208000. The van der Waals surface area contributed by atoms with Crippen LogP contribution in [0, 0.1) is 0 Å². The average Bonchev–Trinajstić information content (AvgIpc) is 1.91. The summed E-state index contributed by atoms with van der Waals surface area (Å²) in [4.78, 5) is 3.00. The molecule has 64 valence electrons. The molecule has 0 fully saturated rings. The molecular weight excluding hydrogens is 195 g/mol. The molecule has 4 N–H and O–H groups in total. The molecule has 0 saturated carbocycles. The van der Waals surface area contributed by atoms with Crippen LogP contribution < -0.4 is 11.5 Å². The van der Waals surface area contributed by atoms with Gasteiger partial charge in [-0.2, -0.15) is 0 Å². The second-order valence-corrected chi connectivity index (χ2v) is 0.756. The van der Waals surface area contributed by atoms with Crippen LogP contribution in [0.25, 0.3) is 31.9 Å². The van der Waals surface area contributed by atoms with E-state index in [0.717, 1.165) is 0 Å². The van der Waals surface area contributed by atoms with E-state index in [1.807, 2.05) is 0 Å². The molecular formula is C2H8CoN8+. The fourth-order valence-electron chi connectivity index (χ4n) is 0. The Hall–Kier alpha value is -0.954. The Morgan fingerprint density at radius 1 is 0.818 bits per heavy atom. The quantitative estimate of drug-likeness (QED) is 0.362. The first-order chi connectivity index (χ1) is 4.74. The van der Waals surface area contributed by atoms with Gasteiger partial charge in [0.25, 0.3) is 0 Å². The van der Waals surface area contributed by atoms with Gasteiger partial charge in [-0.05, 0) is 0 Å². The van der Waals surface area contributed by atoms with Gasteiger partial charge in [-0.15, -0.1) is 0 Å². The Kier molecular flexibility index (Phi) is 129. The van der Waals surface area contributed by atoms with Crippen molar-refractivity contribution in [3.8, 4) is 0 Å². The van der Waals surface area contributed by atoms with Crippen molar-refractivity contribution in [1.29, 1.82) is 0 Å². The van der Waals surface area contributed by atoms with Gasteiger partial charge in [-0.25, -0.2) is 0 Å². The molecule has 0 aromatic rings. The number of nitrogens with two attached hydrogens (primary N) is 2. The Balaban J connectivity index is -0.0000000325. The van der Waals surface area contributed by atoms with E-state index in [9.17, 15) is 0 Å². The molecule has 0 aliphatic heterocycles. The van der Waals surface area contributed by atoms with Gasteiger partial charge in [0, 0.05) is 13.1 Å². The van der Waals surface area contributed by atoms with E-state index >= 15 is 0 Å². The van der Waals surface area contributed by atoms with E-state index < -0.39 is 0 Å². The predicted octanol–water partition coefficient (Wildman–Crippen LogP) is 0.633. The van der Waals surface area contributed by atoms with Crippen molar-refractivity contribution in [2.45, 2.75) is 0 Å². The molecule has 0 aliphatic carbocycles. The summed E-state index contributed by atoms with van der Waals surface area (Å²) in [5.41, 5.74) is 36.8. The predicted molar refractivity (Wildman–Crippen MR) is 38.3 cm³/mol. The summed E-state index contributed by atoms with van der Waals surface area (Å²) in [5.74, 6) is 0. The van der Waals surface area contributed by atoms with Crippen LogP contribution in [0.2, 0.25) is 0 Å². The van der Waals surface area contributed by atoms with Crippen molar-refractivity contribution >= 4 is 0 Å². The zero-order valence-electron chi connectivity index (χ0n) is 5.59. The van der Waals surface area contributed by atoms with Gasteiger partial charge >= 0.3 is 16.8 Å². The van der Waals surface area contributed by atoms with Crippen molar-refractivity contribution in [3.63, 3.8) is 0 Å².